The molecule has 7 heteroatoms. The summed E-state index contributed by atoms with van der Waals surface area (Å²) in [5.41, 5.74) is 2.33. The minimum atomic E-state index is -3.66. The molecule has 0 N–H and O–H groups in total. The van der Waals surface area contributed by atoms with Crippen molar-refractivity contribution in [3.63, 3.8) is 0 Å². The number of fused-ring (bicyclic) bond motifs is 1. The van der Waals surface area contributed by atoms with Crippen molar-refractivity contribution in [3.05, 3.63) is 58.6 Å². The number of ether oxygens (including phenoxy) is 1. The summed E-state index contributed by atoms with van der Waals surface area (Å²) >= 11 is 5.96. The Kier molecular flexibility index (Phi) is 5.53. The largest absolute Gasteiger partial charge is 0.496 e. The van der Waals surface area contributed by atoms with Gasteiger partial charge in [-0.3, -0.25) is 4.79 Å². The maximum Gasteiger partial charge on any atom is 0.242 e. The van der Waals surface area contributed by atoms with Crippen molar-refractivity contribution in [3.8, 4) is 5.75 Å². The molecular formula is C19H20ClNO4S. The SMILES string of the molecule is COc1ccc(Cl)cc1CS(=O)(=O)CC(=O)N1CCCc2ccccc21. The number of hydrogen-bond donors (Lipinski definition) is 0. The van der Waals surface area contributed by atoms with E-state index in [1.807, 2.05) is 24.3 Å². The van der Waals surface area contributed by atoms with E-state index in [9.17, 15) is 13.2 Å². The number of carbonyl (C=O) groups excluding carboxylic acids is 1. The highest BCUT2D eigenvalue weighted by Gasteiger charge is 2.27. The van der Waals surface area contributed by atoms with Crippen molar-refractivity contribution in [2.24, 2.45) is 0 Å². The molecule has 0 atom stereocenters. The molecule has 0 spiro atoms. The van der Waals surface area contributed by atoms with Crippen LogP contribution in [0.5, 0.6) is 5.75 Å². The van der Waals surface area contributed by atoms with Crippen molar-refractivity contribution in [2.45, 2.75) is 18.6 Å². The van der Waals surface area contributed by atoms with Gasteiger partial charge in [-0.25, -0.2) is 8.42 Å². The summed E-state index contributed by atoms with van der Waals surface area (Å²) in [4.78, 5) is 14.3. The summed E-state index contributed by atoms with van der Waals surface area (Å²) in [5, 5.41) is 0.423. The van der Waals surface area contributed by atoms with Crippen LogP contribution in [0.2, 0.25) is 5.02 Å². The third kappa shape index (κ3) is 4.19. The van der Waals surface area contributed by atoms with Gasteiger partial charge in [0.25, 0.3) is 0 Å². The van der Waals surface area contributed by atoms with E-state index in [4.69, 9.17) is 16.3 Å². The smallest absolute Gasteiger partial charge is 0.242 e. The van der Waals surface area contributed by atoms with E-state index < -0.39 is 21.5 Å². The van der Waals surface area contributed by atoms with Gasteiger partial charge in [0.2, 0.25) is 5.91 Å². The molecule has 0 saturated heterocycles. The van der Waals surface area contributed by atoms with Crippen LogP contribution in [0.3, 0.4) is 0 Å². The number of amides is 1. The minimum Gasteiger partial charge on any atom is -0.496 e. The minimum absolute atomic E-state index is 0.294. The number of hydrogen-bond acceptors (Lipinski definition) is 4. The highest BCUT2D eigenvalue weighted by molar-refractivity contribution is 7.91. The van der Waals surface area contributed by atoms with Crippen LogP contribution in [0.25, 0.3) is 0 Å². The molecule has 0 unspecified atom stereocenters. The number of para-hydroxylation sites is 1. The first-order valence-electron chi connectivity index (χ1n) is 8.31. The Bertz CT molecular complexity index is 927. The van der Waals surface area contributed by atoms with Crippen LogP contribution in [-0.4, -0.2) is 33.7 Å². The predicted molar refractivity (Wildman–Crippen MR) is 103 cm³/mol. The zero-order valence-electron chi connectivity index (χ0n) is 14.4. The van der Waals surface area contributed by atoms with E-state index in [0.29, 0.717) is 22.9 Å². The fourth-order valence-electron chi connectivity index (χ4n) is 3.21. The summed E-state index contributed by atoms with van der Waals surface area (Å²) in [6.07, 6.45) is 1.72. The first-order valence-corrected chi connectivity index (χ1v) is 10.5. The lowest BCUT2D eigenvalue weighted by Gasteiger charge is -2.29. The summed E-state index contributed by atoms with van der Waals surface area (Å²) in [6.45, 7) is 0.534. The highest BCUT2D eigenvalue weighted by Crippen LogP contribution is 2.28. The van der Waals surface area contributed by atoms with Crippen LogP contribution in [0.15, 0.2) is 42.5 Å². The Labute approximate surface area is 158 Å². The van der Waals surface area contributed by atoms with Crippen LogP contribution in [0.4, 0.5) is 5.69 Å². The first-order chi connectivity index (χ1) is 12.4. The molecule has 2 aromatic rings. The Hall–Kier alpha value is -2.05. The molecule has 0 aromatic heterocycles. The highest BCUT2D eigenvalue weighted by atomic mass is 35.5. The van der Waals surface area contributed by atoms with Crippen molar-refractivity contribution >= 4 is 33.0 Å². The normalized spacial score (nSPS) is 14.0. The average Bonchev–Trinajstić information content (AvgIpc) is 2.60. The van der Waals surface area contributed by atoms with Gasteiger partial charge in [0.05, 0.1) is 12.9 Å². The lowest BCUT2D eigenvalue weighted by atomic mass is 10.0. The number of aryl methyl sites for hydroxylation is 1. The molecule has 26 heavy (non-hydrogen) atoms. The molecule has 138 valence electrons. The van der Waals surface area contributed by atoms with E-state index in [2.05, 4.69) is 0 Å². The summed E-state index contributed by atoms with van der Waals surface area (Å²) in [5.74, 6) is -0.804. The number of nitrogens with zero attached hydrogens (tertiary/aromatic N) is 1. The lowest BCUT2D eigenvalue weighted by molar-refractivity contribution is -0.116. The van der Waals surface area contributed by atoms with Crippen LogP contribution < -0.4 is 9.64 Å². The average molecular weight is 394 g/mol. The molecule has 1 heterocycles. The number of benzene rings is 2. The van der Waals surface area contributed by atoms with Crippen LogP contribution in [-0.2, 0) is 26.8 Å². The quantitative estimate of drug-likeness (QED) is 0.782. The van der Waals surface area contributed by atoms with E-state index >= 15 is 0 Å². The molecular weight excluding hydrogens is 374 g/mol. The summed E-state index contributed by atoms with van der Waals surface area (Å²) in [6, 6.07) is 12.4. The van der Waals surface area contributed by atoms with Gasteiger partial charge in [-0.1, -0.05) is 29.8 Å². The lowest BCUT2D eigenvalue weighted by Crippen LogP contribution is -2.39. The molecule has 0 bridgehead atoms. The third-order valence-electron chi connectivity index (χ3n) is 4.37. The topological polar surface area (TPSA) is 63.7 Å². The maximum atomic E-state index is 12.7. The molecule has 1 aliphatic rings. The maximum absolute atomic E-state index is 12.7. The molecule has 1 amide bonds. The second-order valence-corrected chi connectivity index (χ2v) is 8.77. The van der Waals surface area contributed by atoms with Gasteiger partial charge in [0, 0.05) is 22.8 Å². The summed E-state index contributed by atoms with van der Waals surface area (Å²) < 4.78 is 30.4. The van der Waals surface area contributed by atoms with Crippen molar-refractivity contribution in [1.29, 1.82) is 0 Å². The van der Waals surface area contributed by atoms with Crippen molar-refractivity contribution in [2.75, 3.05) is 24.3 Å². The van der Waals surface area contributed by atoms with Gasteiger partial charge < -0.3 is 9.64 Å². The molecule has 0 radical (unpaired) electrons. The van der Waals surface area contributed by atoms with Crippen LogP contribution in [0.1, 0.15) is 17.5 Å². The zero-order chi connectivity index (χ0) is 18.7. The van der Waals surface area contributed by atoms with Crippen molar-refractivity contribution in [1.82, 2.24) is 0 Å². The molecule has 2 aromatic carbocycles. The predicted octanol–water partition coefficient (Wildman–Crippen LogP) is 3.24. The molecule has 0 fully saturated rings. The monoisotopic (exact) mass is 393 g/mol. The number of sulfone groups is 1. The number of rotatable bonds is 5. The van der Waals surface area contributed by atoms with Crippen molar-refractivity contribution < 1.29 is 17.9 Å². The fourth-order valence-corrected chi connectivity index (χ4v) is 4.73. The van der Waals surface area contributed by atoms with Gasteiger partial charge in [-0.2, -0.15) is 0 Å². The Morgan fingerprint density at radius 1 is 1.23 bits per heavy atom. The first kappa shape index (κ1) is 18.7. The molecule has 1 aliphatic heterocycles. The summed E-state index contributed by atoms with van der Waals surface area (Å²) in [7, 11) is -2.20. The van der Waals surface area contributed by atoms with Gasteiger partial charge in [0.1, 0.15) is 11.5 Å². The Morgan fingerprint density at radius 3 is 2.77 bits per heavy atom. The zero-order valence-corrected chi connectivity index (χ0v) is 16.0. The number of halogens is 1. The van der Waals surface area contributed by atoms with E-state index in [0.717, 1.165) is 24.1 Å². The molecule has 0 saturated carbocycles. The third-order valence-corrected chi connectivity index (χ3v) is 6.05. The van der Waals surface area contributed by atoms with Gasteiger partial charge >= 0.3 is 0 Å². The van der Waals surface area contributed by atoms with E-state index in [-0.39, 0.29) is 5.75 Å². The molecule has 0 aliphatic carbocycles. The van der Waals surface area contributed by atoms with Gasteiger partial charge in [-0.15, -0.1) is 0 Å². The Balaban J connectivity index is 1.78. The molecule has 3 rings (SSSR count). The second kappa shape index (κ2) is 7.68. The number of carbonyl (C=O) groups is 1. The van der Waals surface area contributed by atoms with E-state index in [1.165, 1.54) is 7.11 Å². The second-order valence-electron chi connectivity index (χ2n) is 6.27. The van der Waals surface area contributed by atoms with Crippen LogP contribution in [0, 0.1) is 0 Å². The Morgan fingerprint density at radius 2 is 2.00 bits per heavy atom. The number of methoxy groups -OCH3 is 1. The molecule has 5 nitrogen and oxygen atoms in total. The standard InChI is InChI=1S/C19H20ClNO4S/c1-25-18-9-8-16(20)11-15(18)12-26(23,24)13-19(22)21-10-4-6-14-5-2-3-7-17(14)21/h2-3,5,7-9,11H,4,6,10,12-13H2,1H3. The van der Waals surface area contributed by atoms with E-state index in [1.54, 1.807) is 23.1 Å². The van der Waals surface area contributed by atoms with Gasteiger partial charge in [0.15, 0.2) is 9.84 Å². The van der Waals surface area contributed by atoms with Crippen LogP contribution >= 0.6 is 11.6 Å². The fraction of sp³-hybridized carbons (Fsp3) is 0.316. The number of anilines is 1. The van der Waals surface area contributed by atoms with Gasteiger partial charge in [-0.05, 0) is 42.7 Å².